The highest BCUT2D eigenvalue weighted by atomic mass is 32.2. The molecule has 2 N–H and O–H groups in total. The second-order valence-electron chi connectivity index (χ2n) is 4.90. The molecule has 1 saturated heterocycles. The van der Waals surface area contributed by atoms with Gasteiger partial charge in [-0.05, 0) is 25.1 Å². The van der Waals surface area contributed by atoms with Crippen LogP contribution in [0.4, 0.5) is 0 Å². The SMILES string of the molecule is CCCN1CCN(S(=O)(=O)c2cccnc2CN)CC1. The predicted octanol–water partition coefficient (Wildman–Crippen LogP) is 0.257. The van der Waals surface area contributed by atoms with Crippen LogP contribution in [0, 0.1) is 0 Å². The van der Waals surface area contributed by atoms with Gasteiger partial charge in [0.2, 0.25) is 10.0 Å². The lowest BCUT2D eigenvalue weighted by atomic mass is 10.3. The summed E-state index contributed by atoms with van der Waals surface area (Å²) < 4.78 is 26.8. The zero-order valence-electron chi connectivity index (χ0n) is 11.8. The van der Waals surface area contributed by atoms with Crippen LogP contribution >= 0.6 is 0 Å². The van der Waals surface area contributed by atoms with Crippen LogP contribution in [0.3, 0.4) is 0 Å². The summed E-state index contributed by atoms with van der Waals surface area (Å²) in [5.74, 6) is 0. The van der Waals surface area contributed by atoms with E-state index in [-0.39, 0.29) is 11.4 Å². The highest BCUT2D eigenvalue weighted by molar-refractivity contribution is 7.89. The van der Waals surface area contributed by atoms with Gasteiger partial charge in [0.25, 0.3) is 0 Å². The molecular formula is C13H22N4O2S. The van der Waals surface area contributed by atoms with E-state index < -0.39 is 10.0 Å². The van der Waals surface area contributed by atoms with Crippen molar-refractivity contribution >= 4 is 10.0 Å². The molecule has 0 atom stereocenters. The third kappa shape index (κ3) is 3.17. The summed E-state index contributed by atoms with van der Waals surface area (Å²) in [6.45, 7) is 5.91. The van der Waals surface area contributed by atoms with Crippen LogP contribution in [0.15, 0.2) is 23.2 Å². The van der Waals surface area contributed by atoms with Crippen LogP contribution in [-0.4, -0.2) is 55.3 Å². The number of pyridine rings is 1. The molecule has 2 rings (SSSR count). The molecule has 112 valence electrons. The van der Waals surface area contributed by atoms with E-state index >= 15 is 0 Å². The molecule has 0 spiro atoms. The Bertz CT molecular complexity index is 539. The standard InChI is InChI=1S/C13H22N4O2S/c1-2-6-16-7-9-17(10-8-16)20(18,19)13-4-3-5-15-12(13)11-14/h3-5H,2,6-11,14H2,1H3. The van der Waals surface area contributed by atoms with Gasteiger partial charge in [-0.2, -0.15) is 4.31 Å². The number of hydrogen-bond acceptors (Lipinski definition) is 5. The first-order valence-corrected chi connectivity index (χ1v) is 8.40. The van der Waals surface area contributed by atoms with Crippen molar-refractivity contribution < 1.29 is 8.42 Å². The number of nitrogens with two attached hydrogens (primary N) is 1. The van der Waals surface area contributed by atoms with Gasteiger partial charge in [0.05, 0.1) is 5.69 Å². The van der Waals surface area contributed by atoms with Crippen molar-refractivity contribution in [1.82, 2.24) is 14.2 Å². The first-order chi connectivity index (χ1) is 9.59. The van der Waals surface area contributed by atoms with Gasteiger partial charge >= 0.3 is 0 Å². The van der Waals surface area contributed by atoms with Crippen LogP contribution < -0.4 is 5.73 Å². The molecule has 0 saturated carbocycles. The number of sulfonamides is 1. The van der Waals surface area contributed by atoms with E-state index in [0.29, 0.717) is 18.8 Å². The van der Waals surface area contributed by atoms with Gasteiger partial charge in [0.15, 0.2) is 0 Å². The van der Waals surface area contributed by atoms with Crippen LogP contribution in [0.2, 0.25) is 0 Å². The molecule has 0 amide bonds. The summed E-state index contributed by atoms with van der Waals surface area (Å²) in [6, 6.07) is 3.22. The molecule has 7 heteroatoms. The third-order valence-electron chi connectivity index (χ3n) is 3.53. The van der Waals surface area contributed by atoms with Crippen LogP contribution in [0.25, 0.3) is 0 Å². The van der Waals surface area contributed by atoms with E-state index in [1.165, 1.54) is 4.31 Å². The van der Waals surface area contributed by atoms with Crippen molar-refractivity contribution in [3.05, 3.63) is 24.0 Å². The van der Waals surface area contributed by atoms with E-state index in [4.69, 9.17) is 5.73 Å². The fraction of sp³-hybridized carbons (Fsp3) is 0.615. The van der Waals surface area contributed by atoms with Gasteiger partial charge < -0.3 is 10.6 Å². The fourth-order valence-corrected chi connectivity index (χ4v) is 4.07. The predicted molar refractivity (Wildman–Crippen MR) is 77.6 cm³/mol. The zero-order chi connectivity index (χ0) is 14.6. The van der Waals surface area contributed by atoms with E-state index in [9.17, 15) is 8.42 Å². The summed E-state index contributed by atoms with van der Waals surface area (Å²) in [6.07, 6.45) is 2.66. The molecule has 0 radical (unpaired) electrons. The fourth-order valence-electron chi connectivity index (χ4n) is 2.46. The Morgan fingerprint density at radius 2 is 2.00 bits per heavy atom. The topological polar surface area (TPSA) is 79.5 Å². The van der Waals surface area contributed by atoms with Gasteiger partial charge in [0.1, 0.15) is 4.90 Å². The van der Waals surface area contributed by atoms with Crippen LogP contribution in [0.1, 0.15) is 19.0 Å². The second-order valence-corrected chi connectivity index (χ2v) is 6.80. The largest absolute Gasteiger partial charge is 0.325 e. The molecule has 1 aromatic heterocycles. The van der Waals surface area contributed by atoms with Crippen LogP contribution in [0.5, 0.6) is 0 Å². The normalized spacial score (nSPS) is 18.3. The summed E-state index contributed by atoms with van der Waals surface area (Å²) >= 11 is 0. The van der Waals surface area contributed by atoms with E-state index in [2.05, 4.69) is 16.8 Å². The smallest absolute Gasteiger partial charge is 0.245 e. The summed E-state index contributed by atoms with van der Waals surface area (Å²) in [7, 11) is -3.48. The maximum absolute atomic E-state index is 12.6. The Morgan fingerprint density at radius 1 is 1.30 bits per heavy atom. The maximum atomic E-state index is 12.6. The molecular weight excluding hydrogens is 276 g/mol. The lowest BCUT2D eigenvalue weighted by molar-refractivity contribution is 0.188. The van der Waals surface area contributed by atoms with Crippen molar-refractivity contribution in [2.75, 3.05) is 32.7 Å². The van der Waals surface area contributed by atoms with E-state index in [1.807, 2.05) is 0 Å². The molecule has 1 aliphatic heterocycles. The second kappa shape index (κ2) is 6.62. The average molecular weight is 298 g/mol. The van der Waals surface area contributed by atoms with Crippen molar-refractivity contribution in [2.24, 2.45) is 5.73 Å². The lowest BCUT2D eigenvalue weighted by Crippen LogP contribution is -2.48. The molecule has 0 aromatic carbocycles. The van der Waals surface area contributed by atoms with E-state index in [1.54, 1.807) is 18.3 Å². The Balaban J connectivity index is 2.16. The van der Waals surface area contributed by atoms with Crippen LogP contribution in [-0.2, 0) is 16.6 Å². The molecule has 2 heterocycles. The minimum atomic E-state index is -3.48. The van der Waals surface area contributed by atoms with Crippen molar-refractivity contribution in [2.45, 2.75) is 24.8 Å². The lowest BCUT2D eigenvalue weighted by Gasteiger charge is -2.33. The average Bonchev–Trinajstić information content (AvgIpc) is 2.48. The summed E-state index contributed by atoms with van der Waals surface area (Å²) in [4.78, 5) is 6.59. The van der Waals surface area contributed by atoms with Gasteiger partial charge in [0, 0.05) is 38.9 Å². The number of rotatable bonds is 5. The van der Waals surface area contributed by atoms with Crippen molar-refractivity contribution in [3.63, 3.8) is 0 Å². The Labute approximate surface area is 120 Å². The molecule has 0 aliphatic carbocycles. The number of piperazine rings is 1. The zero-order valence-corrected chi connectivity index (χ0v) is 12.6. The Kier molecular flexibility index (Phi) is 5.09. The Morgan fingerprint density at radius 3 is 2.60 bits per heavy atom. The van der Waals surface area contributed by atoms with Gasteiger partial charge in [-0.1, -0.05) is 6.92 Å². The molecule has 0 bridgehead atoms. The molecule has 1 aliphatic rings. The number of aromatic nitrogens is 1. The number of nitrogens with zero attached hydrogens (tertiary/aromatic N) is 3. The maximum Gasteiger partial charge on any atom is 0.245 e. The minimum absolute atomic E-state index is 0.130. The summed E-state index contributed by atoms with van der Waals surface area (Å²) in [5.41, 5.74) is 6.02. The van der Waals surface area contributed by atoms with Gasteiger partial charge in [-0.25, -0.2) is 8.42 Å². The third-order valence-corrected chi connectivity index (χ3v) is 5.50. The highest BCUT2D eigenvalue weighted by Gasteiger charge is 2.29. The Hall–Kier alpha value is -1.02. The van der Waals surface area contributed by atoms with E-state index in [0.717, 1.165) is 26.1 Å². The van der Waals surface area contributed by atoms with Gasteiger partial charge in [-0.15, -0.1) is 0 Å². The minimum Gasteiger partial charge on any atom is -0.325 e. The highest BCUT2D eigenvalue weighted by Crippen LogP contribution is 2.19. The summed E-state index contributed by atoms with van der Waals surface area (Å²) in [5, 5.41) is 0. The molecule has 1 fully saturated rings. The first-order valence-electron chi connectivity index (χ1n) is 6.96. The van der Waals surface area contributed by atoms with Crippen molar-refractivity contribution in [3.8, 4) is 0 Å². The first kappa shape index (κ1) is 15.4. The van der Waals surface area contributed by atoms with Gasteiger partial charge in [-0.3, -0.25) is 4.98 Å². The quantitative estimate of drug-likeness (QED) is 0.843. The van der Waals surface area contributed by atoms with Crippen molar-refractivity contribution in [1.29, 1.82) is 0 Å². The number of hydrogen-bond donors (Lipinski definition) is 1. The monoisotopic (exact) mass is 298 g/mol. The molecule has 0 unspecified atom stereocenters. The molecule has 1 aromatic rings. The molecule has 20 heavy (non-hydrogen) atoms. The molecule has 6 nitrogen and oxygen atoms in total.